The van der Waals surface area contributed by atoms with E-state index in [0.717, 1.165) is 12.0 Å². The van der Waals surface area contributed by atoms with Crippen molar-refractivity contribution >= 4 is 11.9 Å². The molecule has 0 unspecified atom stereocenters. The van der Waals surface area contributed by atoms with Crippen LogP contribution >= 0.6 is 0 Å². The maximum absolute atomic E-state index is 11.8. The van der Waals surface area contributed by atoms with Gasteiger partial charge in [0.15, 0.2) is 17.3 Å². The van der Waals surface area contributed by atoms with Crippen LogP contribution in [0.4, 0.5) is 0 Å². The molecule has 0 spiro atoms. The summed E-state index contributed by atoms with van der Waals surface area (Å²) >= 11 is 0. The summed E-state index contributed by atoms with van der Waals surface area (Å²) in [5.74, 6) is 1.41. The van der Waals surface area contributed by atoms with E-state index in [1.807, 2.05) is 18.2 Å². The average molecular weight is 218 g/mol. The first-order chi connectivity index (χ1) is 7.76. The number of rotatable bonds is 2. The lowest BCUT2D eigenvalue weighted by molar-refractivity contribution is 0.0984. The van der Waals surface area contributed by atoms with Crippen molar-refractivity contribution in [3.63, 3.8) is 0 Å². The first-order valence-corrected chi connectivity index (χ1v) is 5.22. The summed E-state index contributed by atoms with van der Waals surface area (Å²) in [5, 5.41) is 0. The van der Waals surface area contributed by atoms with Crippen LogP contribution in [0.2, 0.25) is 0 Å². The van der Waals surface area contributed by atoms with Gasteiger partial charge in [0.05, 0.1) is 14.2 Å². The highest BCUT2D eigenvalue weighted by Gasteiger charge is 2.16. The summed E-state index contributed by atoms with van der Waals surface area (Å²) in [7, 11) is 3.16. The Bertz CT molecular complexity index is 447. The fraction of sp³-hybridized carbons (Fsp3) is 0.308. The lowest BCUT2D eigenvalue weighted by atomic mass is 10.0. The number of allylic oxidation sites excluding steroid dienone is 1. The number of hydrogen-bond donors (Lipinski definition) is 0. The molecule has 84 valence electrons. The zero-order chi connectivity index (χ0) is 11.5. The smallest absolute Gasteiger partial charge is 0.163 e. The van der Waals surface area contributed by atoms with Crippen molar-refractivity contribution in [2.45, 2.75) is 12.8 Å². The highest BCUT2D eigenvalue weighted by atomic mass is 16.5. The molecule has 0 atom stereocenters. The van der Waals surface area contributed by atoms with Crippen molar-refractivity contribution < 1.29 is 14.3 Å². The Balaban J connectivity index is 2.58. The van der Waals surface area contributed by atoms with Crippen LogP contribution in [0.3, 0.4) is 0 Å². The number of hydrogen-bond acceptors (Lipinski definition) is 3. The molecular formula is C13H14O3. The van der Waals surface area contributed by atoms with Crippen LogP contribution in [-0.2, 0) is 0 Å². The zero-order valence-corrected chi connectivity index (χ0v) is 9.45. The van der Waals surface area contributed by atoms with Crippen LogP contribution in [0.1, 0.15) is 28.8 Å². The average Bonchev–Trinajstić information content (AvgIpc) is 2.49. The van der Waals surface area contributed by atoms with E-state index in [0.29, 0.717) is 23.5 Å². The van der Waals surface area contributed by atoms with Crippen molar-refractivity contribution in [2.24, 2.45) is 0 Å². The van der Waals surface area contributed by atoms with Gasteiger partial charge in [-0.2, -0.15) is 0 Å². The predicted molar refractivity (Wildman–Crippen MR) is 62.1 cm³/mol. The Hall–Kier alpha value is -1.77. The molecular weight excluding hydrogens is 204 g/mol. The van der Waals surface area contributed by atoms with Gasteiger partial charge in [0, 0.05) is 12.0 Å². The van der Waals surface area contributed by atoms with Gasteiger partial charge in [-0.15, -0.1) is 0 Å². The largest absolute Gasteiger partial charge is 0.493 e. The van der Waals surface area contributed by atoms with Crippen molar-refractivity contribution in [2.75, 3.05) is 14.2 Å². The molecule has 0 bridgehead atoms. The Labute approximate surface area is 94.7 Å². The maximum atomic E-state index is 11.8. The van der Waals surface area contributed by atoms with Crippen LogP contribution < -0.4 is 9.47 Å². The number of carbonyl (C=O) groups is 1. The lowest BCUT2D eigenvalue weighted by Gasteiger charge is -2.11. The molecule has 0 aromatic heterocycles. The first-order valence-electron chi connectivity index (χ1n) is 5.22. The van der Waals surface area contributed by atoms with E-state index in [-0.39, 0.29) is 5.78 Å². The van der Waals surface area contributed by atoms with Crippen molar-refractivity contribution in [3.8, 4) is 11.5 Å². The van der Waals surface area contributed by atoms with Gasteiger partial charge in [-0.05, 0) is 24.1 Å². The summed E-state index contributed by atoms with van der Waals surface area (Å²) < 4.78 is 10.4. The van der Waals surface area contributed by atoms with Gasteiger partial charge in [0.2, 0.25) is 0 Å². The van der Waals surface area contributed by atoms with Crippen LogP contribution in [0.15, 0.2) is 18.2 Å². The minimum atomic E-state index is 0.154. The van der Waals surface area contributed by atoms with Crippen LogP contribution in [0.25, 0.3) is 6.08 Å². The van der Waals surface area contributed by atoms with E-state index < -0.39 is 0 Å². The number of benzene rings is 1. The summed E-state index contributed by atoms with van der Waals surface area (Å²) in [5.41, 5.74) is 1.62. The second-order valence-corrected chi connectivity index (χ2v) is 3.66. The van der Waals surface area contributed by atoms with Crippen molar-refractivity contribution in [1.82, 2.24) is 0 Å². The second kappa shape index (κ2) is 4.39. The molecule has 0 saturated heterocycles. The minimum Gasteiger partial charge on any atom is -0.493 e. The third-order valence-electron chi connectivity index (χ3n) is 2.69. The summed E-state index contributed by atoms with van der Waals surface area (Å²) in [6.45, 7) is 0. The van der Waals surface area contributed by atoms with Crippen LogP contribution in [-0.4, -0.2) is 20.0 Å². The molecule has 1 aromatic carbocycles. The van der Waals surface area contributed by atoms with Gasteiger partial charge < -0.3 is 9.47 Å². The number of methoxy groups -OCH3 is 2. The van der Waals surface area contributed by atoms with Crippen molar-refractivity contribution in [3.05, 3.63) is 29.3 Å². The van der Waals surface area contributed by atoms with E-state index >= 15 is 0 Å². The lowest BCUT2D eigenvalue weighted by Crippen LogP contribution is -2.01. The molecule has 1 aliphatic carbocycles. The zero-order valence-electron chi connectivity index (χ0n) is 9.45. The number of Topliss-reactive ketones (excluding diaryl/α,β-unsaturated/α-hetero) is 1. The second-order valence-electron chi connectivity index (χ2n) is 3.66. The third-order valence-corrected chi connectivity index (χ3v) is 2.69. The Morgan fingerprint density at radius 1 is 1.12 bits per heavy atom. The fourth-order valence-electron chi connectivity index (χ4n) is 1.83. The highest BCUT2D eigenvalue weighted by Crippen LogP contribution is 2.33. The standard InChI is InChI=1S/C13H14O3/c1-15-12-7-9-5-3-4-6-11(14)10(9)8-13(12)16-2/h3,5,7-8H,4,6H2,1-2H3. The molecule has 1 aromatic rings. The van der Waals surface area contributed by atoms with Crippen LogP contribution in [0, 0.1) is 0 Å². The maximum Gasteiger partial charge on any atom is 0.163 e. The normalized spacial score (nSPS) is 14.2. The molecule has 0 aliphatic heterocycles. The molecule has 0 amide bonds. The number of carbonyl (C=O) groups excluding carboxylic acids is 1. The Kier molecular flexibility index (Phi) is 2.95. The fourth-order valence-corrected chi connectivity index (χ4v) is 1.83. The van der Waals surface area contributed by atoms with Gasteiger partial charge in [0.1, 0.15) is 0 Å². The number of ketones is 1. The van der Waals surface area contributed by atoms with E-state index in [9.17, 15) is 4.79 Å². The van der Waals surface area contributed by atoms with Gasteiger partial charge in [-0.3, -0.25) is 4.79 Å². The molecule has 3 heteroatoms. The van der Waals surface area contributed by atoms with E-state index in [1.54, 1.807) is 20.3 Å². The Morgan fingerprint density at radius 3 is 2.50 bits per heavy atom. The molecule has 0 heterocycles. The summed E-state index contributed by atoms with van der Waals surface area (Å²) in [4.78, 5) is 11.8. The molecule has 0 radical (unpaired) electrons. The number of fused-ring (bicyclic) bond motifs is 1. The van der Waals surface area contributed by atoms with Gasteiger partial charge in [-0.25, -0.2) is 0 Å². The minimum absolute atomic E-state index is 0.154. The summed E-state index contributed by atoms with van der Waals surface area (Å²) in [6.07, 6.45) is 5.31. The monoisotopic (exact) mass is 218 g/mol. The Morgan fingerprint density at radius 2 is 1.81 bits per heavy atom. The van der Waals surface area contributed by atoms with Gasteiger partial charge in [-0.1, -0.05) is 12.2 Å². The van der Waals surface area contributed by atoms with E-state index in [4.69, 9.17) is 9.47 Å². The topological polar surface area (TPSA) is 35.5 Å². The molecule has 0 fully saturated rings. The SMILES string of the molecule is COc1cc2c(cc1OC)C(=O)CCC=C2. The summed E-state index contributed by atoms with van der Waals surface area (Å²) in [6, 6.07) is 3.60. The quantitative estimate of drug-likeness (QED) is 0.765. The predicted octanol–water partition coefficient (Wildman–Crippen LogP) is 2.69. The number of ether oxygens (including phenoxy) is 2. The first kappa shape index (κ1) is 10.7. The molecule has 0 saturated carbocycles. The molecule has 2 rings (SSSR count). The van der Waals surface area contributed by atoms with Gasteiger partial charge >= 0.3 is 0 Å². The highest BCUT2D eigenvalue weighted by molar-refractivity contribution is 6.01. The van der Waals surface area contributed by atoms with Crippen LogP contribution in [0.5, 0.6) is 11.5 Å². The van der Waals surface area contributed by atoms with Gasteiger partial charge in [0.25, 0.3) is 0 Å². The van der Waals surface area contributed by atoms with E-state index in [2.05, 4.69) is 0 Å². The van der Waals surface area contributed by atoms with Crippen molar-refractivity contribution in [1.29, 1.82) is 0 Å². The molecule has 16 heavy (non-hydrogen) atoms. The molecule has 1 aliphatic rings. The molecule has 0 N–H and O–H groups in total. The van der Waals surface area contributed by atoms with E-state index in [1.165, 1.54) is 0 Å². The third kappa shape index (κ3) is 1.81. The molecule has 3 nitrogen and oxygen atoms in total.